The first-order valence-corrected chi connectivity index (χ1v) is 6.15. The molecule has 1 unspecified atom stereocenters. The number of ether oxygens (including phenoxy) is 1. The summed E-state index contributed by atoms with van der Waals surface area (Å²) in [5.74, 6) is -1.07. The van der Waals surface area contributed by atoms with Gasteiger partial charge in [0, 0.05) is 0 Å². The highest BCUT2D eigenvalue weighted by molar-refractivity contribution is 7.84. The molecule has 0 amide bonds. The summed E-state index contributed by atoms with van der Waals surface area (Å²) in [7, 11) is -1.35. The summed E-state index contributed by atoms with van der Waals surface area (Å²) < 4.78 is 21.8. The first-order chi connectivity index (χ1) is 7.50. The van der Waals surface area contributed by atoms with Gasteiger partial charge in [-0.25, -0.2) is 4.79 Å². The lowest BCUT2D eigenvalue weighted by atomic mass is 10.5. The summed E-state index contributed by atoms with van der Waals surface area (Å²) in [4.78, 5) is 10.5. The van der Waals surface area contributed by atoms with Crippen molar-refractivity contribution in [1.82, 2.24) is 0 Å². The molecule has 0 radical (unpaired) electrons. The smallest absolute Gasteiger partial charge is 0.371 e. The number of carbonyl (C=O) groups is 1. The molecule has 6 heteroatoms. The van der Waals surface area contributed by atoms with E-state index in [1.54, 1.807) is 0 Å². The predicted molar refractivity (Wildman–Crippen MR) is 58.0 cm³/mol. The SMILES string of the molecule is CC(C)OCCS(=O)c1ccc(C(=O)O)o1. The summed E-state index contributed by atoms with van der Waals surface area (Å²) in [6, 6.07) is 2.70. The minimum atomic E-state index is -1.35. The summed E-state index contributed by atoms with van der Waals surface area (Å²) in [6.45, 7) is 4.13. The lowest BCUT2D eigenvalue weighted by Gasteiger charge is -2.05. The van der Waals surface area contributed by atoms with E-state index < -0.39 is 16.8 Å². The van der Waals surface area contributed by atoms with Crippen molar-refractivity contribution in [3.8, 4) is 0 Å². The fourth-order valence-electron chi connectivity index (χ4n) is 1.02. The van der Waals surface area contributed by atoms with Crippen LogP contribution in [0.15, 0.2) is 21.6 Å². The van der Waals surface area contributed by atoms with Gasteiger partial charge in [0.05, 0.1) is 29.3 Å². The van der Waals surface area contributed by atoms with Crippen molar-refractivity contribution in [2.24, 2.45) is 0 Å². The number of furan rings is 1. The second kappa shape index (κ2) is 5.81. The fourth-order valence-corrected chi connectivity index (χ4v) is 1.87. The molecule has 0 aliphatic carbocycles. The minimum absolute atomic E-state index is 0.0863. The van der Waals surface area contributed by atoms with Crippen LogP contribution >= 0.6 is 0 Å². The molecule has 0 spiro atoms. The number of hydrogen-bond acceptors (Lipinski definition) is 4. The monoisotopic (exact) mass is 246 g/mol. The van der Waals surface area contributed by atoms with Crippen LogP contribution in [0.4, 0.5) is 0 Å². The van der Waals surface area contributed by atoms with Gasteiger partial charge >= 0.3 is 5.97 Å². The van der Waals surface area contributed by atoms with Crippen molar-refractivity contribution in [1.29, 1.82) is 0 Å². The van der Waals surface area contributed by atoms with Gasteiger partial charge in [0.2, 0.25) is 5.76 Å². The van der Waals surface area contributed by atoms with Crippen LogP contribution < -0.4 is 0 Å². The molecular weight excluding hydrogens is 232 g/mol. The Kier molecular flexibility index (Phi) is 4.70. The summed E-state index contributed by atoms with van der Waals surface area (Å²) >= 11 is 0. The first kappa shape index (κ1) is 12.9. The zero-order chi connectivity index (χ0) is 12.1. The average molecular weight is 246 g/mol. The van der Waals surface area contributed by atoms with Crippen LogP contribution in [-0.2, 0) is 15.5 Å². The Hall–Kier alpha value is -1.14. The third-order valence-electron chi connectivity index (χ3n) is 1.74. The lowest BCUT2D eigenvalue weighted by molar-refractivity contribution is 0.0656. The standard InChI is InChI=1S/C10H14O5S/c1-7(2)14-5-6-16(13)9-4-3-8(15-9)10(11)12/h3-4,7H,5-6H2,1-2H3,(H,11,12). The third kappa shape index (κ3) is 3.79. The molecule has 1 heterocycles. The molecule has 0 fully saturated rings. The Bertz CT molecular complexity index is 382. The van der Waals surface area contributed by atoms with E-state index in [4.69, 9.17) is 14.3 Å². The van der Waals surface area contributed by atoms with E-state index in [9.17, 15) is 9.00 Å². The summed E-state index contributed by atoms with van der Waals surface area (Å²) in [6.07, 6.45) is 0.0863. The number of carboxylic acid groups (broad SMARTS) is 1. The van der Waals surface area contributed by atoms with Crippen LogP contribution in [0.25, 0.3) is 0 Å². The highest BCUT2D eigenvalue weighted by atomic mass is 32.2. The molecule has 16 heavy (non-hydrogen) atoms. The van der Waals surface area contributed by atoms with Crippen molar-refractivity contribution in [3.63, 3.8) is 0 Å². The molecule has 0 saturated heterocycles. The second-order valence-electron chi connectivity index (χ2n) is 3.39. The van der Waals surface area contributed by atoms with Crippen molar-refractivity contribution >= 4 is 16.8 Å². The van der Waals surface area contributed by atoms with Crippen molar-refractivity contribution in [3.05, 3.63) is 17.9 Å². The fraction of sp³-hybridized carbons (Fsp3) is 0.500. The largest absolute Gasteiger partial charge is 0.475 e. The summed E-state index contributed by atoms with van der Waals surface area (Å²) in [5.41, 5.74) is 0. The number of rotatable bonds is 6. The molecule has 1 N–H and O–H groups in total. The van der Waals surface area contributed by atoms with Gasteiger partial charge in [-0.15, -0.1) is 0 Å². The quantitative estimate of drug-likeness (QED) is 0.823. The molecule has 1 rings (SSSR count). The Morgan fingerprint density at radius 3 is 2.75 bits per heavy atom. The number of aromatic carboxylic acids is 1. The molecule has 0 aromatic carbocycles. The predicted octanol–water partition coefficient (Wildman–Crippen LogP) is 1.51. The maximum atomic E-state index is 11.6. The Labute approximate surface area is 95.9 Å². The average Bonchev–Trinajstić information content (AvgIpc) is 2.65. The normalized spacial score (nSPS) is 12.9. The van der Waals surface area contributed by atoms with E-state index in [-0.39, 0.29) is 17.0 Å². The maximum absolute atomic E-state index is 11.6. The van der Waals surface area contributed by atoms with Gasteiger partial charge < -0.3 is 14.3 Å². The summed E-state index contributed by atoms with van der Waals surface area (Å²) in [5, 5.41) is 8.78. The maximum Gasteiger partial charge on any atom is 0.371 e. The van der Waals surface area contributed by atoms with Gasteiger partial charge in [-0.2, -0.15) is 0 Å². The van der Waals surface area contributed by atoms with Gasteiger partial charge in [0.25, 0.3) is 0 Å². The van der Waals surface area contributed by atoms with E-state index in [1.807, 2.05) is 13.8 Å². The highest BCUT2D eigenvalue weighted by Crippen LogP contribution is 2.12. The lowest BCUT2D eigenvalue weighted by Crippen LogP contribution is -2.10. The van der Waals surface area contributed by atoms with Crippen LogP contribution in [0.5, 0.6) is 0 Å². The topological polar surface area (TPSA) is 76.7 Å². The Balaban J connectivity index is 2.50. The van der Waals surface area contributed by atoms with E-state index in [0.717, 1.165) is 0 Å². The molecule has 0 aliphatic rings. The molecule has 0 bridgehead atoms. The molecule has 1 atom stereocenters. The Morgan fingerprint density at radius 1 is 1.56 bits per heavy atom. The van der Waals surface area contributed by atoms with Crippen LogP contribution in [0, 0.1) is 0 Å². The molecule has 5 nitrogen and oxygen atoms in total. The van der Waals surface area contributed by atoms with Crippen molar-refractivity contribution in [2.75, 3.05) is 12.4 Å². The third-order valence-corrected chi connectivity index (χ3v) is 2.94. The van der Waals surface area contributed by atoms with E-state index >= 15 is 0 Å². The zero-order valence-electron chi connectivity index (χ0n) is 9.13. The van der Waals surface area contributed by atoms with Gasteiger partial charge in [-0.3, -0.25) is 4.21 Å². The van der Waals surface area contributed by atoms with Gasteiger partial charge in [0.1, 0.15) is 0 Å². The van der Waals surface area contributed by atoms with Gasteiger partial charge in [-0.05, 0) is 26.0 Å². The van der Waals surface area contributed by atoms with Crippen LogP contribution in [0.2, 0.25) is 0 Å². The number of carboxylic acids is 1. The van der Waals surface area contributed by atoms with Crippen LogP contribution in [0.3, 0.4) is 0 Å². The number of hydrogen-bond donors (Lipinski definition) is 1. The van der Waals surface area contributed by atoms with Gasteiger partial charge in [0.15, 0.2) is 5.09 Å². The first-order valence-electron chi connectivity index (χ1n) is 4.84. The van der Waals surface area contributed by atoms with Crippen molar-refractivity contribution in [2.45, 2.75) is 25.0 Å². The minimum Gasteiger partial charge on any atom is -0.475 e. The van der Waals surface area contributed by atoms with E-state index in [2.05, 4.69) is 0 Å². The molecule has 1 aromatic rings. The molecule has 0 aliphatic heterocycles. The van der Waals surface area contributed by atoms with Crippen LogP contribution in [0.1, 0.15) is 24.4 Å². The molecular formula is C10H14O5S. The zero-order valence-corrected chi connectivity index (χ0v) is 9.95. The second-order valence-corrected chi connectivity index (χ2v) is 4.89. The van der Waals surface area contributed by atoms with E-state index in [0.29, 0.717) is 12.4 Å². The van der Waals surface area contributed by atoms with E-state index in [1.165, 1.54) is 12.1 Å². The molecule has 90 valence electrons. The Morgan fingerprint density at radius 2 is 2.25 bits per heavy atom. The van der Waals surface area contributed by atoms with Gasteiger partial charge in [-0.1, -0.05) is 0 Å². The molecule has 0 saturated carbocycles. The highest BCUT2D eigenvalue weighted by Gasteiger charge is 2.13. The van der Waals surface area contributed by atoms with Crippen LogP contribution in [-0.4, -0.2) is 33.7 Å². The van der Waals surface area contributed by atoms with Crippen molar-refractivity contribution < 1.29 is 23.3 Å². The molecule has 1 aromatic heterocycles.